The molecule has 0 fully saturated rings. The first-order valence-electron chi connectivity index (χ1n) is 7.09. The maximum Gasteiger partial charge on any atom is 0.305 e. The molecule has 0 bridgehead atoms. The Morgan fingerprint density at radius 1 is 1.00 bits per heavy atom. The second-order valence-electron chi connectivity index (χ2n) is 4.90. The third kappa shape index (κ3) is 3.87. The molecule has 0 aliphatic heterocycles. The van der Waals surface area contributed by atoms with E-state index in [9.17, 15) is 4.79 Å². The summed E-state index contributed by atoms with van der Waals surface area (Å²) in [6.45, 7) is 0.577. The van der Waals surface area contributed by atoms with Crippen LogP contribution in [0.4, 0.5) is 0 Å². The number of fused-ring (bicyclic) bond motifs is 1. The van der Waals surface area contributed by atoms with Crippen molar-refractivity contribution in [2.45, 2.75) is 6.54 Å². The molecule has 3 N–H and O–H groups in total. The van der Waals surface area contributed by atoms with Crippen molar-refractivity contribution < 1.29 is 9.21 Å². The molecule has 5 nitrogen and oxygen atoms in total. The van der Waals surface area contributed by atoms with Crippen molar-refractivity contribution in [3.05, 3.63) is 72.0 Å². The molecule has 3 aromatic rings. The van der Waals surface area contributed by atoms with Crippen LogP contribution in [0.25, 0.3) is 11.0 Å². The number of nitrogens with one attached hydrogen (secondary N) is 3. The zero-order valence-corrected chi connectivity index (χ0v) is 13.0. The number of amides is 1. The summed E-state index contributed by atoms with van der Waals surface area (Å²) in [6.07, 6.45) is 0. The number of hydrazine groups is 1. The fourth-order valence-electron chi connectivity index (χ4n) is 2.09. The van der Waals surface area contributed by atoms with Crippen LogP contribution < -0.4 is 16.2 Å². The molecule has 0 spiro atoms. The number of benzene rings is 2. The number of furan rings is 1. The van der Waals surface area contributed by atoms with Gasteiger partial charge in [-0.05, 0) is 29.9 Å². The van der Waals surface area contributed by atoms with Crippen LogP contribution in [0, 0.1) is 0 Å². The lowest BCUT2D eigenvalue weighted by molar-refractivity contribution is 0.0918. The highest BCUT2D eigenvalue weighted by Gasteiger charge is 2.11. The largest absolute Gasteiger partial charge is 0.451 e. The first-order chi connectivity index (χ1) is 11.2. The van der Waals surface area contributed by atoms with E-state index < -0.39 is 0 Å². The van der Waals surface area contributed by atoms with Crippen LogP contribution in [0.5, 0.6) is 0 Å². The molecule has 2 aromatic carbocycles. The van der Waals surface area contributed by atoms with Gasteiger partial charge in [-0.2, -0.15) is 0 Å². The molecule has 0 aliphatic rings. The Labute approximate surface area is 138 Å². The smallest absolute Gasteiger partial charge is 0.305 e. The lowest BCUT2D eigenvalue weighted by Gasteiger charge is -2.10. The van der Waals surface area contributed by atoms with E-state index in [2.05, 4.69) is 16.2 Å². The van der Waals surface area contributed by atoms with E-state index in [0.717, 1.165) is 10.9 Å². The second kappa shape index (κ2) is 6.93. The van der Waals surface area contributed by atoms with Crippen molar-refractivity contribution in [2.75, 3.05) is 0 Å². The topological polar surface area (TPSA) is 66.3 Å². The molecule has 116 valence electrons. The lowest BCUT2D eigenvalue weighted by atomic mass is 10.2. The van der Waals surface area contributed by atoms with Crippen LogP contribution in [0.3, 0.4) is 0 Å². The van der Waals surface area contributed by atoms with Crippen LogP contribution >= 0.6 is 12.2 Å². The third-order valence-corrected chi connectivity index (χ3v) is 3.48. The average Bonchev–Trinajstić information content (AvgIpc) is 3.03. The van der Waals surface area contributed by atoms with Crippen LogP contribution in [0.2, 0.25) is 0 Å². The number of rotatable bonds is 3. The maximum absolute atomic E-state index is 12.0. The summed E-state index contributed by atoms with van der Waals surface area (Å²) in [5.41, 5.74) is 6.93. The highest BCUT2D eigenvalue weighted by Crippen LogP contribution is 2.18. The predicted octanol–water partition coefficient (Wildman–Crippen LogP) is 2.74. The molecule has 0 saturated heterocycles. The van der Waals surface area contributed by atoms with Gasteiger partial charge in [-0.15, -0.1) is 0 Å². The van der Waals surface area contributed by atoms with Crippen molar-refractivity contribution in [1.29, 1.82) is 0 Å². The second-order valence-corrected chi connectivity index (χ2v) is 5.30. The van der Waals surface area contributed by atoms with Crippen molar-refractivity contribution in [3.63, 3.8) is 0 Å². The number of hydrogen-bond donors (Lipinski definition) is 3. The van der Waals surface area contributed by atoms with Gasteiger partial charge in [0.15, 0.2) is 10.9 Å². The monoisotopic (exact) mass is 325 g/mol. The maximum atomic E-state index is 12.0. The summed E-state index contributed by atoms with van der Waals surface area (Å²) < 4.78 is 5.48. The highest BCUT2D eigenvalue weighted by atomic mass is 32.1. The van der Waals surface area contributed by atoms with E-state index in [1.807, 2.05) is 54.6 Å². The molecule has 0 atom stereocenters. The third-order valence-electron chi connectivity index (χ3n) is 3.23. The van der Waals surface area contributed by atoms with E-state index in [0.29, 0.717) is 17.2 Å². The molecule has 0 saturated carbocycles. The molecule has 6 heteroatoms. The summed E-state index contributed by atoms with van der Waals surface area (Å²) in [7, 11) is 0. The van der Waals surface area contributed by atoms with E-state index in [1.54, 1.807) is 6.07 Å². The lowest BCUT2D eigenvalue weighted by Crippen LogP contribution is -2.46. The van der Waals surface area contributed by atoms with Crippen molar-refractivity contribution in [1.82, 2.24) is 16.2 Å². The van der Waals surface area contributed by atoms with Gasteiger partial charge in [-0.3, -0.25) is 15.6 Å². The Balaban J connectivity index is 1.51. The van der Waals surface area contributed by atoms with Crippen LogP contribution in [-0.4, -0.2) is 11.0 Å². The molecular weight excluding hydrogens is 310 g/mol. The molecule has 23 heavy (non-hydrogen) atoms. The first kappa shape index (κ1) is 15.1. The van der Waals surface area contributed by atoms with E-state index in [1.165, 1.54) is 0 Å². The standard InChI is InChI=1S/C17H15N3O2S/c21-16(15-10-13-8-4-5-9-14(13)22-15)19-20-17(23)18-11-12-6-2-1-3-7-12/h1-10H,11H2,(H,19,21)(H2,18,20,23). The van der Waals surface area contributed by atoms with Gasteiger partial charge in [0.25, 0.3) is 0 Å². The number of hydrogen-bond acceptors (Lipinski definition) is 3. The van der Waals surface area contributed by atoms with Gasteiger partial charge in [0.1, 0.15) is 5.58 Å². The number of carbonyl (C=O) groups excluding carboxylic acids is 1. The highest BCUT2D eigenvalue weighted by molar-refractivity contribution is 7.80. The van der Waals surface area contributed by atoms with Crippen LogP contribution in [-0.2, 0) is 6.54 Å². The van der Waals surface area contributed by atoms with E-state index in [-0.39, 0.29) is 11.7 Å². The molecule has 1 amide bonds. The Bertz CT molecular complexity index is 797. The fourth-order valence-corrected chi connectivity index (χ4v) is 2.21. The molecule has 3 rings (SSSR count). The average molecular weight is 325 g/mol. The molecule has 0 aliphatic carbocycles. The Morgan fingerprint density at radius 3 is 2.52 bits per heavy atom. The summed E-state index contributed by atoms with van der Waals surface area (Å²) in [6, 6.07) is 19.0. The van der Waals surface area contributed by atoms with Gasteiger partial charge >= 0.3 is 5.91 Å². The number of carbonyl (C=O) groups is 1. The SMILES string of the molecule is O=C(NNC(=S)NCc1ccccc1)c1cc2ccccc2o1. The van der Waals surface area contributed by atoms with Gasteiger partial charge < -0.3 is 9.73 Å². The summed E-state index contributed by atoms with van der Waals surface area (Å²) >= 11 is 5.12. The number of thiocarbonyl (C=S) groups is 1. The van der Waals surface area contributed by atoms with Crippen LogP contribution in [0.15, 0.2) is 65.1 Å². The molecule has 1 heterocycles. The predicted molar refractivity (Wildman–Crippen MR) is 92.7 cm³/mol. The minimum absolute atomic E-state index is 0.226. The fraction of sp³-hybridized carbons (Fsp3) is 0.0588. The summed E-state index contributed by atoms with van der Waals surface area (Å²) in [5.74, 6) is -0.158. The molecule has 0 radical (unpaired) electrons. The first-order valence-corrected chi connectivity index (χ1v) is 7.50. The normalized spacial score (nSPS) is 10.3. The summed E-state index contributed by atoms with van der Waals surface area (Å²) in [4.78, 5) is 12.0. The Morgan fingerprint density at radius 2 is 1.74 bits per heavy atom. The van der Waals surface area contributed by atoms with E-state index >= 15 is 0 Å². The van der Waals surface area contributed by atoms with Crippen molar-refractivity contribution in [3.8, 4) is 0 Å². The van der Waals surface area contributed by atoms with Crippen LogP contribution in [0.1, 0.15) is 16.1 Å². The molecule has 1 aromatic heterocycles. The zero-order valence-electron chi connectivity index (χ0n) is 12.2. The minimum atomic E-state index is -0.384. The summed E-state index contributed by atoms with van der Waals surface area (Å²) in [5, 5.41) is 4.22. The van der Waals surface area contributed by atoms with Gasteiger partial charge in [-0.1, -0.05) is 48.5 Å². The van der Waals surface area contributed by atoms with Crippen molar-refractivity contribution >= 4 is 34.2 Å². The quantitative estimate of drug-likeness (QED) is 0.510. The van der Waals surface area contributed by atoms with Gasteiger partial charge in [0.2, 0.25) is 0 Å². The van der Waals surface area contributed by atoms with Gasteiger partial charge in [-0.25, -0.2) is 0 Å². The zero-order chi connectivity index (χ0) is 16.1. The molecule has 0 unspecified atom stereocenters. The number of para-hydroxylation sites is 1. The molecular formula is C17H15N3O2S. The van der Waals surface area contributed by atoms with Gasteiger partial charge in [0, 0.05) is 11.9 Å². The van der Waals surface area contributed by atoms with E-state index in [4.69, 9.17) is 16.6 Å². The Hall–Kier alpha value is -2.86. The Kier molecular flexibility index (Phi) is 4.54. The van der Waals surface area contributed by atoms with Gasteiger partial charge in [0.05, 0.1) is 0 Å². The minimum Gasteiger partial charge on any atom is -0.451 e. The van der Waals surface area contributed by atoms with Crippen molar-refractivity contribution in [2.24, 2.45) is 0 Å².